The van der Waals surface area contributed by atoms with E-state index in [9.17, 15) is 9.59 Å². The van der Waals surface area contributed by atoms with Crippen LogP contribution in [0.25, 0.3) is 22.6 Å². The third kappa shape index (κ3) is 3.74. The highest BCUT2D eigenvalue weighted by molar-refractivity contribution is 6.07. The Labute approximate surface area is 210 Å². The van der Waals surface area contributed by atoms with Gasteiger partial charge in [0.2, 0.25) is 0 Å². The molecular formula is C30H30N2O4. The number of ether oxygens (including phenoxy) is 1. The van der Waals surface area contributed by atoms with E-state index in [1.807, 2.05) is 42.5 Å². The molecule has 3 aromatic rings. The van der Waals surface area contributed by atoms with Gasteiger partial charge in [-0.3, -0.25) is 4.79 Å². The molecule has 6 nitrogen and oxygen atoms in total. The van der Waals surface area contributed by atoms with Gasteiger partial charge in [-0.25, -0.2) is 9.78 Å². The molecule has 1 N–H and O–H groups in total. The molecule has 1 aromatic carbocycles. The van der Waals surface area contributed by atoms with Crippen LogP contribution in [-0.4, -0.2) is 29.0 Å². The van der Waals surface area contributed by atoms with Crippen molar-refractivity contribution in [3.8, 4) is 0 Å². The number of hydrogen-bond donors (Lipinski definition) is 1. The molecule has 5 aliphatic carbocycles. The van der Waals surface area contributed by atoms with Crippen molar-refractivity contribution < 1.29 is 18.7 Å². The molecule has 5 aliphatic rings. The van der Waals surface area contributed by atoms with E-state index in [0.29, 0.717) is 12.0 Å². The molecule has 8 rings (SSSR count). The maximum absolute atomic E-state index is 13.4. The predicted octanol–water partition coefficient (Wildman–Crippen LogP) is 5.56. The average molecular weight is 483 g/mol. The SMILES string of the molecule is O=C(COC(=O)c1c2c(nc3ccccc13)C(=Cc1ccco1)CC2)NC12CC3CC(CC(C3)C1)C2. The van der Waals surface area contributed by atoms with E-state index in [0.717, 1.165) is 76.9 Å². The number of para-hydroxylation sites is 1. The lowest BCUT2D eigenvalue weighted by Gasteiger charge is -2.56. The van der Waals surface area contributed by atoms with E-state index < -0.39 is 5.97 Å². The molecule has 2 aromatic heterocycles. The van der Waals surface area contributed by atoms with Crippen molar-refractivity contribution in [3.63, 3.8) is 0 Å². The van der Waals surface area contributed by atoms with Gasteiger partial charge < -0.3 is 14.5 Å². The number of aromatic nitrogens is 1. The lowest BCUT2D eigenvalue weighted by Crippen LogP contribution is -2.60. The van der Waals surface area contributed by atoms with Gasteiger partial charge in [-0.2, -0.15) is 0 Å². The smallest absolute Gasteiger partial charge is 0.339 e. The standard InChI is InChI=1S/C30H30N2O4/c33-26(32-30-14-18-10-19(15-30)12-20(11-18)16-30)17-36-29(34)27-23-5-1-2-6-25(23)31-28-21(7-8-24(27)28)13-22-4-3-9-35-22/h1-6,9,13,18-20H,7-8,10-12,14-17H2,(H,32,33). The highest BCUT2D eigenvalue weighted by Gasteiger charge is 2.51. The van der Waals surface area contributed by atoms with Crippen LogP contribution in [0.1, 0.15) is 72.3 Å². The summed E-state index contributed by atoms with van der Waals surface area (Å²) in [5.74, 6) is 2.36. The van der Waals surface area contributed by atoms with Crippen LogP contribution in [0.4, 0.5) is 0 Å². The van der Waals surface area contributed by atoms with Crippen LogP contribution in [0.3, 0.4) is 0 Å². The summed E-state index contributed by atoms with van der Waals surface area (Å²) < 4.78 is 11.2. The minimum Gasteiger partial charge on any atom is -0.465 e. The van der Waals surface area contributed by atoms with Gasteiger partial charge in [0, 0.05) is 10.9 Å². The van der Waals surface area contributed by atoms with Gasteiger partial charge in [-0.05, 0) is 105 Å². The fourth-order valence-corrected chi connectivity index (χ4v) is 7.86. The maximum Gasteiger partial charge on any atom is 0.339 e. The molecule has 1 amide bonds. The van der Waals surface area contributed by atoms with Crippen molar-refractivity contribution in [2.75, 3.05) is 6.61 Å². The van der Waals surface area contributed by atoms with Crippen molar-refractivity contribution in [1.29, 1.82) is 0 Å². The van der Waals surface area contributed by atoms with Gasteiger partial charge in [0.1, 0.15) is 5.76 Å². The molecule has 6 heteroatoms. The van der Waals surface area contributed by atoms with E-state index in [1.165, 1.54) is 19.3 Å². The lowest BCUT2D eigenvalue weighted by molar-refractivity contribution is -0.130. The first-order valence-corrected chi connectivity index (χ1v) is 13.2. The fraction of sp³-hybridized carbons (Fsp3) is 0.433. The van der Waals surface area contributed by atoms with Gasteiger partial charge in [-0.15, -0.1) is 0 Å². The summed E-state index contributed by atoms with van der Waals surface area (Å²) in [7, 11) is 0. The number of carbonyl (C=O) groups excluding carboxylic acids is 2. The molecule has 0 atom stereocenters. The van der Waals surface area contributed by atoms with Crippen LogP contribution < -0.4 is 5.32 Å². The first kappa shape index (κ1) is 21.8. The van der Waals surface area contributed by atoms with Gasteiger partial charge in [0.05, 0.1) is 23.0 Å². The summed E-state index contributed by atoms with van der Waals surface area (Å²) in [6.07, 6.45) is 12.3. The quantitative estimate of drug-likeness (QED) is 0.482. The molecule has 4 fully saturated rings. The minimum atomic E-state index is -0.454. The first-order valence-electron chi connectivity index (χ1n) is 13.2. The second-order valence-corrected chi connectivity index (χ2v) is 11.3. The number of nitrogens with one attached hydrogen (secondary N) is 1. The Balaban J connectivity index is 1.13. The number of esters is 1. The molecule has 0 aliphatic heterocycles. The fourth-order valence-electron chi connectivity index (χ4n) is 7.86. The number of nitrogens with zero attached hydrogens (tertiary/aromatic N) is 1. The third-order valence-electron chi connectivity index (χ3n) is 8.78. The summed E-state index contributed by atoms with van der Waals surface area (Å²) in [4.78, 5) is 31.3. The Morgan fingerprint density at radius 2 is 1.78 bits per heavy atom. The molecule has 0 saturated heterocycles. The number of rotatable bonds is 5. The number of amides is 1. The van der Waals surface area contributed by atoms with E-state index >= 15 is 0 Å². The number of pyridine rings is 1. The number of fused-ring (bicyclic) bond motifs is 2. The summed E-state index contributed by atoms with van der Waals surface area (Å²) in [6, 6.07) is 11.4. The Kier molecular flexibility index (Phi) is 5.05. The van der Waals surface area contributed by atoms with E-state index in [2.05, 4.69) is 5.32 Å². The second-order valence-electron chi connectivity index (χ2n) is 11.3. The number of benzene rings is 1. The summed E-state index contributed by atoms with van der Waals surface area (Å²) >= 11 is 0. The molecule has 0 radical (unpaired) electrons. The Bertz CT molecular complexity index is 1350. The van der Waals surface area contributed by atoms with Crippen molar-refractivity contribution in [2.45, 2.75) is 56.9 Å². The van der Waals surface area contributed by atoms with Crippen LogP contribution in [0.15, 0.2) is 47.1 Å². The van der Waals surface area contributed by atoms with Gasteiger partial charge in [0.25, 0.3) is 5.91 Å². The van der Waals surface area contributed by atoms with Crippen molar-refractivity contribution >= 4 is 34.4 Å². The van der Waals surface area contributed by atoms with E-state index in [4.69, 9.17) is 14.1 Å². The van der Waals surface area contributed by atoms with Crippen LogP contribution >= 0.6 is 0 Å². The highest BCUT2D eigenvalue weighted by atomic mass is 16.5. The Hall–Kier alpha value is -3.41. The molecule has 0 spiro atoms. The normalized spacial score (nSPS) is 29.0. The van der Waals surface area contributed by atoms with Crippen LogP contribution in [-0.2, 0) is 16.0 Å². The van der Waals surface area contributed by atoms with E-state index in [1.54, 1.807) is 6.26 Å². The van der Waals surface area contributed by atoms with Gasteiger partial charge in [-0.1, -0.05) is 18.2 Å². The zero-order chi connectivity index (χ0) is 24.3. The molecule has 36 heavy (non-hydrogen) atoms. The molecule has 4 bridgehead atoms. The van der Waals surface area contributed by atoms with E-state index in [-0.39, 0.29) is 18.1 Å². The van der Waals surface area contributed by atoms with Crippen molar-refractivity contribution in [3.05, 3.63) is 65.2 Å². The van der Waals surface area contributed by atoms with Crippen LogP contribution in [0.5, 0.6) is 0 Å². The van der Waals surface area contributed by atoms with Gasteiger partial charge in [0.15, 0.2) is 6.61 Å². The highest BCUT2D eigenvalue weighted by Crippen LogP contribution is 2.55. The zero-order valence-corrected chi connectivity index (χ0v) is 20.3. The predicted molar refractivity (Wildman–Crippen MR) is 136 cm³/mol. The summed E-state index contributed by atoms with van der Waals surface area (Å²) in [6.45, 7) is -0.249. The molecular weight excluding hydrogens is 452 g/mol. The summed E-state index contributed by atoms with van der Waals surface area (Å²) in [5.41, 5.74) is 3.93. The average Bonchev–Trinajstić information content (AvgIpc) is 3.50. The maximum atomic E-state index is 13.4. The lowest BCUT2D eigenvalue weighted by atomic mass is 9.53. The summed E-state index contributed by atoms with van der Waals surface area (Å²) in [5, 5.41) is 4.07. The first-order chi connectivity index (χ1) is 17.6. The van der Waals surface area contributed by atoms with Gasteiger partial charge >= 0.3 is 5.97 Å². The number of allylic oxidation sites excluding steroid dienone is 1. The molecule has 0 unspecified atom stereocenters. The van der Waals surface area contributed by atoms with Crippen molar-refractivity contribution in [1.82, 2.24) is 10.3 Å². The topological polar surface area (TPSA) is 81.4 Å². The minimum absolute atomic E-state index is 0.0889. The zero-order valence-electron chi connectivity index (χ0n) is 20.3. The third-order valence-corrected chi connectivity index (χ3v) is 8.78. The van der Waals surface area contributed by atoms with Crippen LogP contribution in [0, 0.1) is 17.8 Å². The number of hydrogen-bond acceptors (Lipinski definition) is 5. The Morgan fingerprint density at radius 1 is 1.03 bits per heavy atom. The number of furan rings is 1. The molecule has 2 heterocycles. The Morgan fingerprint density at radius 3 is 2.50 bits per heavy atom. The second kappa shape index (κ2) is 8.32. The van der Waals surface area contributed by atoms with Crippen molar-refractivity contribution in [2.24, 2.45) is 17.8 Å². The van der Waals surface area contributed by atoms with Crippen LogP contribution in [0.2, 0.25) is 0 Å². The number of carbonyl (C=O) groups is 2. The molecule has 184 valence electrons. The largest absolute Gasteiger partial charge is 0.465 e. The molecule has 4 saturated carbocycles. The monoisotopic (exact) mass is 482 g/mol.